The van der Waals surface area contributed by atoms with Crippen molar-refractivity contribution in [2.24, 2.45) is 0 Å². The van der Waals surface area contributed by atoms with Crippen molar-refractivity contribution in [2.75, 3.05) is 16.5 Å². The number of urea groups is 1. The van der Waals surface area contributed by atoms with Crippen LogP contribution in [0.25, 0.3) is 0 Å². The van der Waals surface area contributed by atoms with Crippen LogP contribution in [0.15, 0.2) is 48.5 Å². The lowest BCUT2D eigenvalue weighted by atomic mass is 10.0. The predicted octanol–water partition coefficient (Wildman–Crippen LogP) is 6.25. The van der Waals surface area contributed by atoms with Gasteiger partial charge in [0.25, 0.3) is 0 Å². The molecule has 2 atom stereocenters. The van der Waals surface area contributed by atoms with Crippen LogP contribution < -0.4 is 9.91 Å². The van der Waals surface area contributed by atoms with E-state index in [0.717, 1.165) is 37.8 Å². The molecule has 4 rings (SSSR count). The third-order valence-electron chi connectivity index (χ3n) is 5.94. The van der Waals surface area contributed by atoms with Gasteiger partial charge in [0.05, 0.1) is 5.69 Å². The van der Waals surface area contributed by atoms with Crippen molar-refractivity contribution in [1.29, 1.82) is 0 Å². The third kappa shape index (κ3) is 4.12. The molecular weight excluding hydrogens is 389 g/mol. The molecule has 6 heteroatoms. The van der Waals surface area contributed by atoms with Crippen LogP contribution in [0.5, 0.6) is 0 Å². The van der Waals surface area contributed by atoms with Crippen LogP contribution in [0.3, 0.4) is 0 Å². The number of rotatable bonds is 5. The molecule has 2 unspecified atom stereocenters. The van der Waals surface area contributed by atoms with Gasteiger partial charge >= 0.3 is 6.03 Å². The third-order valence-corrected chi connectivity index (χ3v) is 6.19. The van der Waals surface area contributed by atoms with Crippen LogP contribution >= 0.6 is 11.6 Å². The normalized spacial score (nSPS) is 21.2. The fourth-order valence-corrected chi connectivity index (χ4v) is 4.78. The number of piperidine rings is 1. The van der Waals surface area contributed by atoms with Gasteiger partial charge in [-0.05, 0) is 74.6 Å². The summed E-state index contributed by atoms with van der Waals surface area (Å²) in [6.45, 7) is 2.55. The summed E-state index contributed by atoms with van der Waals surface area (Å²) in [6, 6.07) is 14.3. The van der Waals surface area contributed by atoms with Gasteiger partial charge in [-0.2, -0.15) is 0 Å². The lowest BCUT2D eigenvalue weighted by molar-refractivity contribution is 0.129. The zero-order valence-electron chi connectivity index (χ0n) is 16.7. The summed E-state index contributed by atoms with van der Waals surface area (Å²) in [4.78, 5) is 15.6. The predicted molar refractivity (Wildman–Crippen MR) is 116 cm³/mol. The number of carbonyl (C=O) groups is 1. The molecule has 2 aromatic carbocycles. The Morgan fingerprint density at radius 2 is 1.76 bits per heavy atom. The highest BCUT2D eigenvalue weighted by molar-refractivity contribution is 6.30. The van der Waals surface area contributed by atoms with Crippen LogP contribution in [0, 0.1) is 5.82 Å². The maximum absolute atomic E-state index is 13.9. The molecule has 29 heavy (non-hydrogen) atoms. The van der Waals surface area contributed by atoms with Gasteiger partial charge in [0.15, 0.2) is 0 Å². The van der Waals surface area contributed by atoms with Crippen molar-refractivity contribution in [2.45, 2.75) is 57.5 Å². The van der Waals surface area contributed by atoms with E-state index in [1.54, 1.807) is 17.0 Å². The summed E-state index contributed by atoms with van der Waals surface area (Å²) in [5, 5.41) is 4.73. The summed E-state index contributed by atoms with van der Waals surface area (Å²) in [5.74, 6) is -0.340. The molecule has 154 valence electrons. The zero-order valence-corrected chi connectivity index (χ0v) is 17.5. The Morgan fingerprint density at radius 3 is 2.38 bits per heavy atom. The highest BCUT2D eigenvalue weighted by Crippen LogP contribution is 2.39. The first kappa shape index (κ1) is 20.2. The van der Waals surface area contributed by atoms with E-state index in [2.05, 4.69) is 5.01 Å². The highest BCUT2D eigenvalue weighted by atomic mass is 35.5. The molecule has 0 aliphatic carbocycles. The number of carbonyl (C=O) groups excluding carboxylic acids is 1. The molecule has 0 aromatic heterocycles. The number of hydrogen-bond donors (Lipinski definition) is 0. The number of anilines is 2. The Labute approximate surface area is 176 Å². The van der Waals surface area contributed by atoms with E-state index in [-0.39, 0.29) is 11.8 Å². The number of fused-ring (bicyclic) bond motifs is 2. The van der Waals surface area contributed by atoms with Crippen molar-refractivity contribution in [3.05, 3.63) is 59.4 Å². The molecule has 2 aliphatic heterocycles. The van der Waals surface area contributed by atoms with Crippen molar-refractivity contribution in [3.63, 3.8) is 0 Å². The van der Waals surface area contributed by atoms with Crippen LogP contribution in [0.4, 0.5) is 20.6 Å². The number of amides is 2. The van der Waals surface area contributed by atoms with E-state index < -0.39 is 0 Å². The van der Waals surface area contributed by atoms with Gasteiger partial charge in [-0.15, -0.1) is 0 Å². The molecule has 4 nitrogen and oxygen atoms in total. The second-order valence-corrected chi connectivity index (χ2v) is 8.33. The first-order valence-corrected chi connectivity index (χ1v) is 10.9. The van der Waals surface area contributed by atoms with E-state index in [0.29, 0.717) is 29.3 Å². The van der Waals surface area contributed by atoms with Gasteiger partial charge in [-0.1, -0.05) is 31.0 Å². The van der Waals surface area contributed by atoms with Gasteiger partial charge in [0.2, 0.25) is 0 Å². The minimum absolute atomic E-state index is 0.140. The van der Waals surface area contributed by atoms with E-state index in [1.165, 1.54) is 18.6 Å². The molecule has 2 fully saturated rings. The smallest absolute Gasteiger partial charge is 0.293 e. The molecule has 2 amide bonds. The van der Waals surface area contributed by atoms with Crippen LogP contribution in [0.1, 0.15) is 45.4 Å². The fourth-order valence-electron chi connectivity index (χ4n) is 4.66. The van der Waals surface area contributed by atoms with Crippen molar-refractivity contribution in [3.8, 4) is 0 Å². The summed E-state index contributed by atoms with van der Waals surface area (Å²) in [5.41, 5.74) is 1.39. The minimum atomic E-state index is -0.340. The largest absolute Gasteiger partial charge is 0.343 e. The molecule has 2 aromatic rings. The van der Waals surface area contributed by atoms with Crippen molar-refractivity contribution in [1.82, 2.24) is 5.01 Å². The number of nitrogens with zero attached hydrogens (tertiary/aromatic N) is 3. The van der Waals surface area contributed by atoms with E-state index in [4.69, 9.17) is 11.6 Å². The second kappa shape index (κ2) is 8.72. The highest BCUT2D eigenvalue weighted by Gasteiger charge is 2.43. The lowest BCUT2D eigenvalue weighted by Crippen LogP contribution is -2.58. The molecule has 2 aliphatic rings. The van der Waals surface area contributed by atoms with Crippen molar-refractivity contribution < 1.29 is 9.18 Å². The van der Waals surface area contributed by atoms with Gasteiger partial charge < -0.3 is 0 Å². The van der Waals surface area contributed by atoms with Crippen molar-refractivity contribution >= 4 is 29.0 Å². The Kier molecular flexibility index (Phi) is 6.07. The van der Waals surface area contributed by atoms with Gasteiger partial charge in [-0.25, -0.2) is 19.2 Å². The first-order valence-electron chi connectivity index (χ1n) is 10.5. The monoisotopic (exact) mass is 415 g/mol. The number of halogens is 2. The molecule has 0 spiro atoms. The van der Waals surface area contributed by atoms with E-state index >= 15 is 0 Å². The topological polar surface area (TPSA) is 26.8 Å². The van der Waals surface area contributed by atoms with Gasteiger partial charge in [0, 0.05) is 29.3 Å². The Balaban J connectivity index is 1.74. The number of benzene rings is 2. The van der Waals surface area contributed by atoms with Crippen LogP contribution in [-0.4, -0.2) is 29.7 Å². The molecule has 0 saturated carbocycles. The van der Waals surface area contributed by atoms with Gasteiger partial charge in [0.1, 0.15) is 5.82 Å². The summed E-state index contributed by atoms with van der Waals surface area (Å²) in [6.07, 6.45) is 6.40. The maximum Gasteiger partial charge on any atom is 0.343 e. The fraction of sp³-hybridized carbons (Fsp3) is 0.435. The van der Waals surface area contributed by atoms with E-state index in [1.807, 2.05) is 36.2 Å². The van der Waals surface area contributed by atoms with Crippen LogP contribution in [0.2, 0.25) is 5.02 Å². The first-order chi connectivity index (χ1) is 14.1. The molecule has 2 bridgehead atoms. The molecule has 2 saturated heterocycles. The van der Waals surface area contributed by atoms with Gasteiger partial charge in [-0.3, -0.25) is 4.90 Å². The summed E-state index contributed by atoms with van der Waals surface area (Å²) < 4.78 is 13.9. The SMILES string of the molecule is CCCN(C(=O)N(c1ccc(Cl)cc1)N1C2CCCC1CC2)c1cccc(F)c1. The maximum atomic E-state index is 13.9. The average molecular weight is 416 g/mol. The summed E-state index contributed by atoms with van der Waals surface area (Å²) >= 11 is 6.11. The Morgan fingerprint density at radius 1 is 1.07 bits per heavy atom. The van der Waals surface area contributed by atoms with E-state index in [9.17, 15) is 9.18 Å². The quantitative estimate of drug-likeness (QED) is 0.576. The Hall–Kier alpha value is -2.11. The minimum Gasteiger partial charge on any atom is -0.293 e. The molecule has 0 radical (unpaired) electrons. The average Bonchev–Trinajstić information content (AvgIpc) is 2.95. The summed E-state index contributed by atoms with van der Waals surface area (Å²) in [7, 11) is 0. The molecular formula is C23H27ClFN3O. The zero-order chi connectivity index (χ0) is 20.4. The number of hydrazine groups is 1. The Bertz CT molecular complexity index is 843. The standard InChI is InChI=1S/C23H27ClFN3O/c1-2-15-26(22-8-3-5-18(25)16-22)23(29)28(21-11-9-17(24)10-12-21)27-19-6-4-7-20(27)14-13-19/h3,5,8-12,16,19-20H,2,4,6-7,13-15H2,1H3. The second-order valence-electron chi connectivity index (χ2n) is 7.90. The lowest BCUT2D eigenvalue weighted by Gasteiger charge is -2.44. The van der Waals surface area contributed by atoms with Crippen LogP contribution in [-0.2, 0) is 0 Å². The molecule has 0 N–H and O–H groups in total. The molecule has 2 heterocycles. The number of hydrogen-bond acceptors (Lipinski definition) is 2.